The Morgan fingerprint density at radius 3 is 2.68 bits per heavy atom. The van der Waals surface area contributed by atoms with Gasteiger partial charge in [0.2, 0.25) is 0 Å². The second kappa shape index (κ2) is 5.67. The lowest BCUT2D eigenvalue weighted by molar-refractivity contribution is -0.141. The molecule has 2 aromatic rings. The molecule has 3 heteroatoms. The summed E-state index contributed by atoms with van der Waals surface area (Å²) in [5, 5.41) is 12.2. The molecule has 0 saturated heterocycles. The maximum absolute atomic E-state index is 11.3. The van der Waals surface area contributed by atoms with Gasteiger partial charge < -0.3 is 9.84 Å². The fourth-order valence-corrected chi connectivity index (χ4v) is 1.91. The molecule has 0 spiro atoms. The van der Waals surface area contributed by atoms with Crippen molar-refractivity contribution >= 4 is 16.7 Å². The number of fused-ring (bicyclic) bond motifs is 1. The summed E-state index contributed by atoms with van der Waals surface area (Å²) >= 11 is 0. The van der Waals surface area contributed by atoms with Crippen LogP contribution < -0.4 is 0 Å². The van der Waals surface area contributed by atoms with Crippen molar-refractivity contribution in [3.8, 4) is 0 Å². The molecule has 0 aliphatic rings. The Kier molecular flexibility index (Phi) is 3.97. The molecule has 98 valence electrons. The van der Waals surface area contributed by atoms with E-state index in [-0.39, 0.29) is 6.61 Å². The van der Waals surface area contributed by atoms with E-state index in [1.807, 2.05) is 42.5 Å². The number of hydrogen-bond donors (Lipinski definition) is 1. The van der Waals surface area contributed by atoms with Gasteiger partial charge in [0.1, 0.15) is 12.7 Å². The van der Waals surface area contributed by atoms with Crippen molar-refractivity contribution in [2.45, 2.75) is 13.0 Å². The van der Waals surface area contributed by atoms with Crippen LogP contribution in [-0.2, 0) is 9.53 Å². The van der Waals surface area contributed by atoms with E-state index in [0.717, 1.165) is 16.3 Å². The number of carbonyl (C=O) groups is 1. The fraction of sp³-hybridized carbons (Fsp3) is 0.188. The molecule has 0 amide bonds. The number of aliphatic hydroxyl groups excluding tert-OH is 1. The topological polar surface area (TPSA) is 46.5 Å². The van der Waals surface area contributed by atoms with Gasteiger partial charge in [-0.25, -0.2) is 4.79 Å². The van der Waals surface area contributed by atoms with E-state index >= 15 is 0 Å². The first-order chi connectivity index (χ1) is 9.09. The van der Waals surface area contributed by atoms with Crippen molar-refractivity contribution in [3.05, 3.63) is 60.2 Å². The molecule has 0 aliphatic heterocycles. The Labute approximate surface area is 112 Å². The van der Waals surface area contributed by atoms with Crippen LogP contribution in [0.2, 0.25) is 0 Å². The Morgan fingerprint density at radius 2 is 1.95 bits per heavy atom. The van der Waals surface area contributed by atoms with Gasteiger partial charge in [0, 0.05) is 5.57 Å². The van der Waals surface area contributed by atoms with Gasteiger partial charge in [-0.05, 0) is 23.3 Å². The summed E-state index contributed by atoms with van der Waals surface area (Å²) in [6, 6.07) is 13.5. The van der Waals surface area contributed by atoms with Gasteiger partial charge in [0.05, 0.1) is 0 Å². The highest BCUT2D eigenvalue weighted by Crippen LogP contribution is 2.24. The number of benzene rings is 2. The molecule has 1 N–H and O–H groups in total. The van der Waals surface area contributed by atoms with Gasteiger partial charge in [-0.2, -0.15) is 0 Å². The fourth-order valence-electron chi connectivity index (χ4n) is 1.91. The number of hydrogen-bond acceptors (Lipinski definition) is 3. The number of carbonyl (C=O) groups excluding carboxylic acids is 1. The standard InChI is InChI=1S/C16H16O3/c1-11(2)16(18)19-10-15(17)14-9-5-7-12-6-3-4-8-13(12)14/h3-9,15,17H,1,10H2,2H3. The van der Waals surface area contributed by atoms with E-state index in [1.165, 1.54) is 0 Å². The van der Waals surface area contributed by atoms with Gasteiger partial charge in [-0.3, -0.25) is 0 Å². The van der Waals surface area contributed by atoms with Crippen LogP contribution in [0.3, 0.4) is 0 Å². The van der Waals surface area contributed by atoms with Gasteiger partial charge in [0.25, 0.3) is 0 Å². The third-order valence-electron chi connectivity index (χ3n) is 2.90. The zero-order chi connectivity index (χ0) is 13.8. The van der Waals surface area contributed by atoms with Crippen molar-refractivity contribution in [2.24, 2.45) is 0 Å². The van der Waals surface area contributed by atoms with Gasteiger partial charge >= 0.3 is 5.97 Å². The molecule has 0 saturated carbocycles. The zero-order valence-corrected chi connectivity index (χ0v) is 10.8. The first-order valence-corrected chi connectivity index (χ1v) is 6.08. The third-order valence-corrected chi connectivity index (χ3v) is 2.90. The molecule has 0 aromatic heterocycles. The minimum Gasteiger partial charge on any atom is -0.459 e. The Morgan fingerprint density at radius 1 is 1.26 bits per heavy atom. The summed E-state index contributed by atoms with van der Waals surface area (Å²) in [6.45, 7) is 5.01. The van der Waals surface area contributed by atoms with Crippen LogP contribution in [0.5, 0.6) is 0 Å². The summed E-state index contributed by atoms with van der Waals surface area (Å²) in [7, 11) is 0. The largest absolute Gasteiger partial charge is 0.459 e. The third kappa shape index (κ3) is 3.01. The Bertz CT molecular complexity index is 611. The average molecular weight is 256 g/mol. The number of ether oxygens (including phenoxy) is 1. The van der Waals surface area contributed by atoms with Crippen molar-refractivity contribution in [1.82, 2.24) is 0 Å². The van der Waals surface area contributed by atoms with Crippen molar-refractivity contribution in [1.29, 1.82) is 0 Å². The molecule has 1 unspecified atom stereocenters. The van der Waals surface area contributed by atoms with E-state index in [9.17, 15) is 9.90 Å². The van der Waals surface area contributed by atoms with E-state index in [0.29, 0.717) is 5.57 Å². The molecule has 0 radical (unpaired) electrons. The molecule has 2 aromatic carbocycles. The summed E-state index contributed by atoms with van der Waals surface area (Å²) in [5.74, 6) is -0.487. The lowest BCUT2D eigenvalue weighted by atomic mass is 10.0. The quantitative estimate of drug-likeness (QED) is 0.675. The minimum atomic E-state index is -0.839. The second-order valence-corrected chi connectivity index (χ2v) is 4.46. The summed E-state index contributed by atoms with van der Waals surface area (Å²) in [6.07, 6.45) is -0.839. The summed E-state index contributed by atoms with van der Waals surface area (Å²) in [5.41, 5.74) is 1.08. The number of esters is 1. The van der Waals surface area contributed by atoms with Crippen LogP contribution in [0.25, 0.3) is 10.8 Å². The van der Waals surface area contributed by atoms with E-state index < -0.39 is 12.1 Å². The highest BCUT2D eigenvalue weighted by atomic mass is 16.5. The summed E-state index contributed by atoms with van der Waals surface area (Å²) in [4.78, 5) is 11.3. The average Bonchev–Trinajstić information content (AvgIpc) is 2.43. The molecule has 0 heterocycles. The first-order valence-electron chi connectivity index (χ1n) is 6.08. The van der Waals surface area contributed by atoms with E-state index in [4.69, 9.17) is 4.74 Å². The lowest BCUT2D eigenvalue weighted by Crippen LogP contribution is -2.13. The predicted octanol–water partition coefficient (Wildman–Crippen LogP) is 2.99. The molecule has 0 aliphatic carbocycles. The summed E-state index contributed by atoms with van der Waals surface area (Å²) < 4.78 is 4.98. The molecular weight excluding hydrogens is 240 g/mol. The molecule has 3 nitrogen and oxygen atoms in total. The predicted molar refractivity (Wildman–Crippen MR) is 74.7 cm³/mol. The van der Waals surface area contributed by atoms with Crippen LogP contribution in [0.1, 0.15) is 18.6 Å². The van der Waals surface area contributed by atoms with Crippen LogP contribution >= 0.6 is 0 Å². The smallest absolute Gasteiger partial charge is 0.333 e. The highest BCUT2D eigenvalue weighted by Gasteiger charge is 2.13. The van der Waals surface area contributed by atoms with Crippen LogP contribution in [0.4, 0.5) is 0 Å². The monoisotopic (exact) mass is 256 g/mol. The number of aliphatic hydroxyl groups is 1. The Hall–Kier alpha value is -2.13. The molecule has 1 atom stereocenters. The maximum atomic E-state index is 11.3. The van der Waals surface area contributed by atoms with Crippen molar-refractivity contribution < 1.29 is 14.6 Å². The highest BCUT2D eigenvalue weighted by molar-refractivity contribution is 5.87. The number of rotatable bonds is 4. The molecule has 19 heavy (non-hydrogen) atoms. The molecule has 0 fully saturated rings. The van der Waals surface area contributed by atoms with Crippen molar-refractivity contribution in [3.63, 3.8) is 0 Å². The van der Waals surface area contributed by atoms with E-state index in [1.54, 1.807) is 6.92 Å². The minimum absolute atomic E-state index is 0.0697. The normalized spacial score (nSPS) is 12.1. The Balaban J connectivity index is 2.20. The van der Waals surface area contributed by atoms with Gasteiger partial charge in [0.15, 0.2) is 0 Å². The van der Waals surface area contributed by atoms with Crippen LogP contribution in [-0.4, -0.2) is 17.7 Å². The lowest BCUT2D eigenvalue weighted by Gasteiger charge is -2.14. The molecular formula is C16H16O3. The van der Waals surface area contributed by atoms with Crippen LogP contribution in [0.15, 0.2) is 54.6 Å². The molecule has 0 bridgehead atoms. The second-order valence-electron chi connectivity index (χ2n) is 4.46. The zero-order valence-electron chi connectivity index (χ0n) is 10.8. The van der Waals surface area contributed by atoms with Gasteiger partial charge in [-0.15, -0.1) is 0 Å². The van der Waals surface area contributed by atoms with E-state index in [2.05, 4.69) is 6.58 Å². The first kappa shape index (κ1) is 13.3. The van der Waals surface area contributed by atoms with Crippen LogP contribution in [0, 0.1) is 0 Å². The SMILES string of the molecule is C=C(C)C(=O)OCC(O)c1cccc2ccccc12. The molecule has 2 rings (SSSR count). The van der Waals surface area contributed by atoms with Crippen molar-refractivity contribution in [2.75, 3.05) is 6.61 Å². The van der Waals surface area contributed by atoms with Gasteiger partial charge in [-0.1, -0.05) is 49.0 Å². The maximum Gasteiger partial charge on any atom is 0.333 e.